The van der Waals surface area contributed by atoms with Crippen LogP contribution in [0.15, 0.2) is 29.7 Å². The molecule has 0 aliphatic rings. The van der Waals surface area contributed by atoms with Crippen molar-refractivity contribution >= 4 is 21.9 Å². The van der Waals surface area contributed by atoms with E-state index in [9.17, 15) is 13.2 Å². The molecule has 0 fully saturated rings. The number of hydrogen-bond donors (Lipinski definition) is 2. The Morgan fingerprint density at radius 3 is 2.61 bits per heavy atom. The Labute approximate surface area is 106 Å². The molecule has 1 aromatic carbocycles. The number of carbonyl (C=O) groups is 1. The molecule has 3 N–H and O–H groups in total. The molecule has 6 heteroatoms. The Balaban J connectivity index is 3.14. The lowest BCUT2D eigenvalue weighted by atomic mass is 10.0. The van der Waals surface area contributed by atoms with Gasteiger partial charge in [-0.3, -0.25) is 4.79 Å². The van der Waals surface area contributed by atoms with E-state index in [1.54, 1.807) is 12.1 Å². The van der Waals surface area contributed by atoms with E-state index in [-0.39, 0.29) is 11.3 Å². The van der Waals surface area contributed by atoms with Gasteiger partial charge in [-0.05, 0) is 23.6 Å². The van der Waals surface area contributed by atoms with Crippen molar-refractivity contribution in [1.29, 1.82) is 0 Å². The highest BCUT2D eigenvalue weighted by molar-refractivity contribution is 7.90. The molecule has 0 saturated carbocycles. The van der Waals surface area contributed by atoms with Gasteiger partial charge in [0, 0.05) is 6.26 Å². The van der Waals surface area contributed by atoms with Crippen LogP contribution < -0.4 is 5.73 Å². The van der Waals surface area contributed by atoms with E-state index in [0.717, 1.165) is 6.26 Å². The molecule has 1 aromatic rings. The first-order valence-electron chi connectivity index (χ1n) is 5.19. The number of nitrogens with two attached hydrogens (primary N) is 1. The molecule has 5 nitrogen and oxygen atoms in total. The molecule has 0 heterocycles. The van der Waals surface area contributed by atoms with Crippen LogP contribution in [-0.4, -0.2) is 31.8 Å². The number of carboxylic acids is 1. The van der Waals surface area contributed by atoms with Gasteiger partial charge >= 0.3 is 5.97 Å². The molecule has 0 spiro atoms. The van der Waals surface area contributed by atoms with Gasteiger partial charge in [-0.2, -0.15) is 0 Å². The zero-order chi connectivity index (χ0) is 13.9. The van der Waals surface area contributed by atoms with Crippen LogP contribution in [0.4, 0.5) is 0 Å². The van der Waals surface area contributed by atoms with Crippen molar-refractivity contribution in [2.45, 2.75) is 17.4 Å². The highest BCUT2D eigenvalue weighted by Crippen LogP contribution is 2.19. The van der Waals surface area contributed by atoms with Gasteiger partial charge in [-0.25, -0.2) is 8.42 Å². The first-order chi connectivity index (χ1) is 8.25. The number of aliphatic carboxylic acids is 1. The predicted molar refractivity (Wildman–Crippen MR) is 69.0 cm³/mol. The molecular weight excluding hydrogens is 254 g/mol. The predicted octanol–water partition coefficient (Wildman–Crippen LogP) is 0.688. The summed E-state index contributed by atoms with van der Waals surface area (Å²) in [7, 11) is -3.33. The summed E-state index contributed by atoms with van der Waals surface area (Å²) in [6, 6.07) is 3.58. The Bertz CT molecular complexity index is 578. The Morgan fingerprint density at radius 1 is 1.56 bits per heavy atom. The molecule has 0 aromatic heterocycles. The summed E-state index contributed by atoms with van der Waals surface area (Å²) < 4.78 is 23.0. The van der Waals surface area contributed by atoms with Crippen LogP contribution in [0, 0.1) is 0 Å². The van der Waals surface area contributed by atoms with E-state index in [0.29, 0.717) is 11.1 Å². The van der Waals surface area contributed by atoms with E-state index >= 15 is 0 Å². The van der Waals surface area contributed by atoms with Gasteiger partial charge in [0.15, 0.2) is 9.84 Å². The number of carboxylic acid groups (broad SMARTS) is 1. The van der Waals surface area contributed by atoms with Gasteiger partial charge in [0.2, 0.25) is 0 Å². The van der Waals surface area contributed by atoms with E-state index in [2.05, 4.69) is 6.58 Å². The van der Waals surface area contributed by atoms with Crippen molar-refractivity contribution in [1.82, 2.24) is 0 Å². The smallest absolute Gasteiger partial charge is 0.320 e. The average Bonchev–Trinajstić information content (AvgIpc) is 2.27. The number of hydrogen-bond acceptors (Lipinski definition) is 4. The number of rotatable bonds is 5. The van der Waals surface area contributed by atoms with Gasteiger partial charge in [-0.1, -0.05) is 24.8 Å². The van der Waals surface area contributed by atoms with E-state index in [1.165, 1.54) is 12.1 Å². The van der Waals surface area contributed by atoms with Crippen LogP contribution in [0.5, 0.6) is 0 Å². The van der Waals surface area contributed by atoms with E-state index < -0.39 is 21.8 Å². The highest BCUT2D eigenvalue weighted by atomic mass is 32.2. The minimum atomic E-state index is -3.33. The average molecular weight is 269 g/mol. The lowest BCUT2D eigenvalue weighted by Crippen LogP contribution is -2.32. The summed E-state index contributed by atoms with van der Waals surface area (Å²) in [6.45, 7) is 3.55. The summed E-state index contributed by atoms with van der Waals surface area (Å²) in [6.07, 6.45) is 2.67. The zero-order valence-corrected chi connectivity index (χ0v) is 10.8. The second kappa shape index (κ2) is 5.32. The van der Waals surface area contributed by atoms with Crippen LogP contribution in [0.3, 0.4) is 0 Å². The number of benzene rings is 1. The maximum atomic E-state index is 11.5. The minimum Gasteiger partial charge on any atom is -0.480 e. The third-order valence-electron chi connectivity index (χ3n) is 2.47. The standard InChI is InChI=1S/C12H15NO4S/c1-3-9-6-8(7-10(13)12(14)15)4-5-11(9)18(2,16)17/h3-6,10H,1,7,13H2,2H3,(H,14,15). The Hall–Kier alpha value is -1.66. The summed E-state index contributed by atoms with van der Waals surface area (Å²) >= 11 is 0. The summed E-state index contributed by atoms with van der Waals surface area (Å²) in [5.41, 5.74) is 6.53. The van der Waals surface area contributed by atoms with Crippen LogP contribution in [-0.2, 0) is 21.1 Å². The second-order valence-electron chi connectivity index (χ2n) is 4.00. The molecule has 1 rings (SSSR count). The van der Waals surface area contributed by atoms with Gasteiger partial charge in [0.25, 0.3) is 0 Å². The monoisotopic (exact) mass is 269 g/mol. The van der Waals surface area contributed by atoms with Crippen molar-refractivity contribution in [2.24, 2.45) is 5.73 Å². The lowest BCUT2D eigenvalue weighted by Gasteiger charge is -2.09. The van der Waals surface area contributed by atoms with Gasteiger partial charge < -0.3 is 10.8 Å². The molecule has 98 valence electrons. The van der Waals surface area contributed by atoms with Crippen LogP contribution >= 0.6 is 0 Å². The molecule has 0 saturated heterocycles. The fourth-order valence-electron chi connectivity index (χ4n) is 1.56. The Kier molecular flexibility index (Phi) is 4.26. The molecule has 1 unspecified atom stereocenters. The minimum absolute atomic E-state index is 0.139. The third-order valence-corrected chi connectivity index (χ3v) is 3.64. The SMILES string of the molecule is C=Cc1cc(CC(N)C(=O)O)ccc1S(C)(=O)=O. The molecule has 0 radical (unpaired) electrons. The third kappa shape index (κ3) is 3.41. The topological polar surface area (TPSA) is 97.5 Å². The summed E-state index contributed by atoms with van der Waals surface area (Å²) in [5, 5.41) is 8.71. The molecule has 0 aliphatic heterocycles. The Morgan fingerprint density at radius 2 is 2.17 bits per heavy atom. The quantitative estimate of drug-likeness (QED) is 0.819. The maximum absolute atomic E-state index is 11.5. The normalized spacial score (nSPS) is 13.0. The lowest BCUT2D eigenvalue weighted by molar-refractivity contribution is -0.138. The molecule has 18 heavy (non-hydrogen) atoms. The van der Waals surface area contributed by atoms with Crippen molar-refractivity contribution in [3.63, 3.8) is 0 Å². The number of sulfone groups is 1. The van der Waals surface area contributed by atoms with Gasteiger partial charge in [0.1, 0.15) is 6.04 Å². The van der Waals surface area contributed by atoms with Gasteiger partial charge in [0.05, 0.1) is 4.90 Å². The van der Waals surface area contributed by atoms with Crippen molar-refractivity contribution in [3.8, 4) is 0 Å². The van der Waals surface area contributed by atoms with Gasteiger partial charge in [-0.15, -0.1) is 0 Å². The van der Waals surface area contributed by atoms with Crippen molar-refractivity contribution in [3.05, 3.63) is 35.9 Å². The highest BCUT2D eigenvalue weighted by Gasteiger charge is 2.15. The van der Waals surface area contributed by atoms with Crippen molar-refractivity contribution < 1.29 is 18.3 Å². The summed E-state index contributed by atoms with van der Waals surface area (Å²) in [5.74, 6) is -1.10. The molecule has 0 bridgehead atoms. The maximum Gasteiger partial charge on any atom is 0.320 e. The van der Waals surface area contributed by atoms with Crippen LogP contribution in [0.1, 0.15) is 11.1 Å². The van der Waals surface area contributed by atoms with E-state index in [4.69, 9.17) is 10.8 Å². The molecule has 0 amide bonds. The first-order valence-corrected chi connectivity index (χ1v) is 7.08. The zero-order valence-electron chi connectivity index (χ0n) is 9.96. The molecular formula is C12H15NO4S. The second-order valence-corrected chi connectivity index (χ2v) is 5.98. The van der Waals surface area contributed by atoms with Crippen LogP contribution in [0.25, 0.3) is 6.08 Å². The first kappa shape index (κ1) is 14.4. The van der Waals surface area contributed by atoms with Crippen LogP contribution in [0.2, 0.25) is 0 Å². The van der Waals surface area contributed by atoms with Crippen molar-refractivity contribution in [2.75, 3.05) is 6.26 Å². The largest absolute Gasteiger partial charge is 0.480 e. The summed E-state index contributed by atoms with van der Waals surface area (Å²) in [4.78, 5) is 10.8. The molecule has 0 aliphatic carbocycles. The fourth-order valence-corrected chi connectivity index (χ4v) is 2.45. The van der Waals surface area contributed by atoms with E-state index in [1.807, 2.05) is 0 Å². The molecule has 1 atom stereocenters. The fraction of sp³-hybridized carbons (Fsp3) is 0.250.